The van der Waals surface area contributed by atoms with Crippen molar-refractivity contribution in [2.24, 2.45) is 5.10 Å². The Morgan fingerprint density at radius 2 is 1.85 bits per heavy atom. The zero-order valence-electron chi connectivity index (χ0n) is 17.4. The van der Waals surface area contributed by atoms with Gasteiger partial charge < -0.3 is 9.84 Å². The van der Waals surface area contributed by atoms with Gasteiger partial charge in [0.2, 0.25) is 0 Å². The van der Waals surface area contributed by atoms with Crippen LogP contribution in [0.15, 0.2) is 70.7 Å². The molecule has 0 aliphatic heterocycles. The van der Waals surface area contributed by atoms with Crippen LogP contribution in [0.2, 0.25) is 5.02 Å². The molecule has 0 heterocycles. The van der Waals surface area contributed by atoms with E-state index in [2.05, 4.69) is 15.2 Å². The second-order valence-electron chi connectivity index (χ2n) is 6.72. The number of nitrogens with zero attached hydrogens (tertiary/aromatic N) is 2. The molecule has 0 aliphatic rings. The lowest BCUT2D eigenvalue weighted by Crippen LogP contribution is -2.15. The van der Waals surface area contributed by atoms with Crippen molar-refractivity contribution >= 4 is 44.4 Å². The number of non-ortho nitro benzene ring substituents is 1. The minimum absolute atomic E-state index is 0.0208. The average Bonchev–Trinajstić information content (AvgIpc) is 2.78. The number of benzene rings is 3. The molecule has 3 aromatic rings. The smallest absolute Gasteiger partial charge is 0.270 e. The van der Waals surface area contributed by atoms with Gasteiger partial charge in [0.15, 0.2) is 0 Å². The monoisotopic (exact) mass is 490 g/mol. The molecular formula is C21H19ClN4O6S. The summed E-state index contributed by atoms with van der Waals surface area (Å²) < 4.78 is 33.5. The SMILES string of the molecule is COc1ccc(/C(C)=N/Nc2ccc([N+](=O)[O-])cc2S(=O)(=O)Nc2ccccc2Cl)c(O)c1. The van der Waals surface area contributed by atoms with E-state index in [-0.39, 0.29) is 22.1 Å². The molecule has 0 aromatic heterocycles. The second-order valence-corrected chi connectivity index (χ2v) is 8.77. The molecular weight excluding hydrogens is 472 g/mol. The highest BCUT2D eigenvalue weighted by Gasteiger charge is 2.23. The number of sulfonamides is 1. The number of hydrazone groups is 1. The molecule has 0 aliphatic carbocycles. The fourth-order valence-corrected chi connectivity index (χ4v) is 4.33. The number of aromatic hydroxyl groups is 1. The van der Waals surface area contributed by atoms with Gasteiger partial charge in [-0.1, -0.05) is 23.7 Å². The molecule has 0 saturated heterocycles. The Hall–Kier alpha value is -3.83. The minimum Gasteiger partial charge on any atom is -0.507 e. The lowest BCUT2D eigenvalue weighted by atomic mass is 10.1. The molecule has 0 radical (unpaired) electrons. The van der Waals surface area contributed by atoms with Crippen LogP contribution in [0.5, 0.6) is 11.5 Å². The predicted octanol–water partition coefficient (Wildman–Crippen LogP) is 4.60. The fraction of sp³-hybridized carbons (Fsp3) is 0.0952. The van der Waals surface area contributed by atoms with Crippen LogP contribution in [0.1, 0.15) is 12.5 Å². The van der Waals surface area contributed by atoms with E-state index in [0.29, 0.717) is 17.0 Å². The van der Waals surface area contributed by atoms with Crippen LogP contribution in [0.3, 0.4) is 0 Å². The average molecular weight is 491 g/mol. The van der Waals surface area contributed by atoms with Crippen molar-refractivity contribution in [3.05, 3.63) is 81.4 Å². The standard InChI is InChI=1S/C21H19ClN4O6S/c1-13(16-9-8-15(32-2)12-20(16)27)23-24-19-10-7-14(26(28)29)11-21(19)33(30,31)25-18-6-4-3-5-17(18)22/h3-12,24-25,27H,1-2H3/b23-13+. The first-order valence-corrected chi connectivity index (χ1v) is 11.2. The number of phenolic OH excluding ortho intramolecular Hbond substituents is 1. The number of hydrogen-bond donors (Lipinski definition) is 3. The lowest BCUT2D eigenvalue weighted by Gasteiger charge is -2.13. The molecule has 12 heteroatoms. The molecule has 0 unspecified atom stereocenters. The molecule has 172 valence electrons. The zero-order chi connectivity index (χ0) is 24.2. The number of methoxy groups -OCH3 is 1. The van der Waals surface area contributed by atoms with Gasteiger partial charge in [-0.2, -0.15) is 5.10 Å². The van der Waals surface area contributed by atoms with E-state index >= 15 is 0 Å². The molecule has 10 nitrogen and oxygen atoms in total. The van der Waals surface area contributed by atoms with Crippen LogP contribution < -0.4 is 14.9 Å². The van der Waals surface area contributed by atoms with Gasteiger partial charge in [0, 0.05) is 23.8 Å². The maximum Gasteiger partial charge on any atom is 0.270 e. The number of nitro benzene ring substituents is 1. The van der Waals surface area contributed by atoms with E-state index in [1.54, 1.807) is 31.2 Å². The first-order chi connectivity index (χ1) is 15.6. The molecule has 33 heavy (non-hydrogen) atoms. The van der Waals surface area contributed by atoms with Gasteiger partial charge in [0.05, 0.1) is 34.1 Å². The second kappa shape index (κ2) is 9.76. The van der Waals surface area contributed by atoms with Gasteiger partial charge in [-0.3, -0.25) is 20.3 Å². The van der Waals surface area contributed by atoms with Crippen molar-refractivity contribution in [1.82, 2.24) is 0 Å². The van der Waals surface area contributed by atoms with E-state index in [4.69, 9.17) is 16.3 Å². The van der Waals surface area contributed by atoms with Gasteiger partial charge in [-0.25, -0.2) is 8.42 Å². The van der Waals surface area contributed by atoms with Gasteiger partial charge >= 0.3 is 0 Å². The summed E-state index contributed by atoms with van der Waals surface area (Å²) in [6.45, 7) is 1.59. The van der Waals surface area contributed by atoms with Crippen LogP contribution in [-0.4, -0.2) is 31.3 Å². The molecule has 3 aromatic carbocycles. The number of nitrogens with one attached hydrogen (secondary N) is 2. The summed E-state index contributed by atoms with van der Waals surface area (Å²) in [5.74, 6) is 0.362. The summed E-state index contributed by atoms with van der Waals surface area (Å²) in [6.07, 6.45) is 0. The first kappa shape index (κ1) is 23.8. The van der Waals surface area contributed by atoms with Crippen LogP contribution in [0, 0.1) is 10.1 Å². The molecule has 0 atom stereocenters. The van der Waals surface area contributed by atoms with E-state index in [1.807, 2.05) is 0 Å². The number of hydrogen-bond acceptors (Lipinski definition) is 8. The van der Waals surface area contributed by atoms with Gasteiger partial charge in [0.25, 0.3) is 15.7 Å². The zero-order valence-corrected chi connectivity index (χ0v) is 19.0. The highest BCUT2D eigenvalue weighted by molar-refractivity contribution is 7.93. The Morgan fingerprint density at radius 1 is 1.12 bits per heavy atom. The summed E-state index contributed by atoms with van der Waals surface area (Å²) in [5.41, 5.74) is 2.99. The Bertz CT molecular complexity index is 1340. The summed E-state index contributed by atoms with van der Waals surface area (Å²) in [6, 6.07) is 14.1. The number of rotatable bonds is 8. The summed E-state index contributed by atoms with van der Waals surface area (Å²) in [5, 5.41) is 25.7. The molecule has 0 fully saturated rings. The highest BCUT2D eigenvalue weighted by Crippen LogP contribution is 2.31. The van der Waals surface area contributed by atoms with Crippen LogP contribution in [0.4, 0.5) is 17.1 Å². The largest absolute Gasteiger partial charge is 0.507 e. The summed E-state index contributed by atoms with van der Waals surface area (Å²) in [7, 11) is -2.83. The number of anilines is 2. The summed E-state index contributed by atoms with van der Waals surface area (Å²) in [4.78, 5) is 10.1. The molecule has 0 amide bonds. The Balaban J connectivity index is 1.99. The number of nitro groups is 1. The van der Waals surface area contributed by atoms with E-state index in [9.17, 15) is 23.6 Å². The minimum atomic E-state index is -4.29. The highest BCUT2D eigenvalue weighted by atomic mass is 35.5. The van der Waals surface area contributed by atoms with Gasteiger partial charge in [0.1, 0.15) is 16.4 Å². The topological polar surface area (TPSA) is 143 Å². The maximum atomic E-state index is 13.1. The molecule has 3 N–H and O–H groups in total. The Morgan fingerprint density at radius 3 is 2.48 bits per heavy atom. The normalized spacial score (nSPS) is 11.7. The third-order valence-electron chi connectivity index (χ3n) is 4.52. The number of phenols is 1. The van der Waals surface area contributed by atoms with Crippen molar-refractivity contribution in [2.45, 2.75) is 11.8 Å². The van der Waals surface area contributed by atoms with E-state index < -0.39 is 25.5 Å². The van der Waals surface area contributed by atoms with E-state index in [1.165, 1.54) is 31.4 Å². The van der Waals surface area contributed by atoms with Gasteiger partial charge in [-0.05, 0) is 37.3 Å². The maximum absolute atomic E-state index is 13.1. The van der Waals surface area contributed by atoms with Crippen molar-refractivity contribution in [3.8, 4) is 11.5 Å². The molecule has 0 bridgehead atoms. The number of halogens is 1. The lowest BCUT2D eigenvalue weighted by molar-refractivity contribution is -0.385. The quantitative estimate of drug-likeness (QED) is 0.238. The third kappa shape index (κ3) is 5.51. The molecule has 3 rings (SSSR count). The Labute approximate surface area is 194 Å². The number of ether oxygens (including phenoxy) is 1. The van der Waals surface area contributed by atoms with Crippen LogP contribution in [-0.2, 0) is 10.0 Å². The Kier molecular flexibility index (Phi) is 7.04. The van der Waals surface area contributed by atoms with Crippen LogP contribution >= 0.6 is 11.6 Å². The van der Waals surface area contributed by atoms with Crippen molar-refractivity contribution in [3.63, 3.8) is 0 Å². The number of para-hydroxylation sites is 1. The van der Waals surface area contributed by atoms with Gasteiger partial charge in [-0.15, -0.1) is 0 Å². The molecule has 0 saturated carbocycles. The summed E-state index contributed by atoms with van der Waals surface area (Å²) >= 11 is 6.04. The van der Waals surface area contributed by atoms with E-state index in [0.717, 1.165) is 12.1 Å². The predicted molar refractivity (Wildman–Crippen MR) is 126 cm³/mol. The third-order valence-corrected chi connectivity index (χ3v) is 6.26. The van der Waals surface area contributed by atoms with Crippen molar-refractivity contribution in [2.75, 3.05) is 17.3 Å². The van der Waals surface area contributed by atoms with Crippen molar-refractivity contribution < 1.29 is 23.2 Å². The van der Waals surface area contributed by atoms with Crippen LogP contribution in [0.25, 0.3) is 0 Å². The van der Waals surface area contributed by atoms with Crippen molar-refractivity contribution in [1.29, 1.82) is 0 Å². The first-order valence-electron chi connectivity index (χ1n) is 9.36. The molecule has 0 spiro atoms. The fourth-order valence-electron chi connectivity index (χ4n) is 2.83.